The molecule has 3 aromatic carbocycles. The summed E-state index contributed by atoms with van der Waals surface area (Å²) in [6.07, 6.45) is 0. The van der Waals surface area contributed by atoms with E-state index in [-0.39, 0.29) is 11.6 Å². The van der Waals surface area contributed by atoms with Crippen molar-refractivity contribution in [3.8, 4) is 11.1 Å². The molecule has 3 rings (SSSR count). The summed E-state index contributed by atoms with van der Waals surface area (Å²) < 4.78 is 54.4. The molecule has 0 aliphatic heterocycles. The van der Waals surface area contributed by atoms with Gasteiger partial charge in [0, 0.05) is 6.07 Å². The monoisotopic (exact) mass is 276 g/mol. The molecule has 0 saturated carbocycles. The summed E-state index contributed by atoms with van der Waals surface area (Å²) >= 11 is 0. The SMILES string of the molecule is Fc1cc(F)c(F)c(-c2cccc3ccccc23)c1F. The van der Waals surface area contributed by atoms with E-state index in [4.69, 9.17) is 0 Å². The van der Waals surface area contributed by atoms with Crippen molar-refractivity contribution in [1.29, 1.82) is 0 Å². The van der Waals surface area contributed by atoms with Gasteiger partial charge in [0.25, 0.3) is 0 Å². The molecule has 0 aromatic heterocycles. The summed E-state index contributed by atoms with van der Waals surface area (Å²) in [5.41, 5.74) is -0.559. The molecular weight excluding hydrogens is 268 g/mol. The number of benzene rings is 3. The Bertz CT molecular complexity index is 777. The first-order valence-corrected chi connectivity index (χ1v) is 5.90. The van der Waals surface area contributed by atoms with Gasteiger partial charge in [-0.3, -0.25) is 0 Å². The van der Waals surface area contributed by atoms with E-state index in [2.05, 4.69) is 0 Å². The van der Waals surface area contributed by atoms with Crippen molar-refractivity contribution in [1.82, 2.24) is 0 Å². The lowest BCUT2D eigenvalue weighted by atomic mass is 9.97. The van der Waals surface area contributed by atoms with Crippen molar-refractivity contribution in [2.24, 2.45) is 0 Å². The maximum atomic E-state index is 13.9. The van der Waals surface area contributed by atoms with E-state index in [1.807, 2.05) is 0 Å². The third kappa shape index (κ3) is 1.84. The van der Waals surface area contributed by atoms with Crippen LogP contribution in [0.3, 0.4) is 0 Å². The van der Waals surface area contributed by atoms with Crippen LogP contribution in [-0.4, -0.2) is 0 Å². The zero-order valence-electron chi connectivity index (χ0n) is 10.1. The molecule has 0 aliphatic carbocycles. The number of hydrogen-bond donors (Lipinski definition) is 0. The van der Waals surface area contributed by atoms with Crippen LogP contribution in [0.15, 0.2) is 48.5 Å². The van der Waals surface area contributed by atoms with E-state index in [1.54, 1.807) is 36.4 Å². The van der Waals surface area contributed by atoms with Crippen LogP contribution < -0.4 is 0 Å². The highest BCUT2D eigenvalue weighted by Gasteiger charge is 2.21. The highest BCUT2D eigenvalue weighted by Crippen LogP contribution is 2.34. The summed E-state index contributed by atoms with van der Waals surface area (Å²) in [6.45, 7) is 0. The molecule has 0 N–H and O–H groups in total. The molecule has 20 heavy (non-hydrogen) atoms. The van der Waals surface area contributed by atoms with E-state index in [0.717, 1.165) is 5.39 Å². The van der Waals surface area contributed by atoms with Crippen LogP contribution in [-0.2, 0) is 0 Å². The third-order valence-electron chi connectivity index (χ3n) is 3.17. The second kappa shape index (κ2) is 4.63. The number of hydrogen-bond acceptors (Lipinski definition) is 0. The van der Waals surface area contributed by atoms with Crippen molar-refractivity contribution >= 4 is 10.8 Å². The Balaban J connectivity index is 2.43. The van der Waals surface area contributed by atoms with Crippen LogP contribution >= 0.6 is 0 Å². The van der Waals surface area contributed by atoms with Gasteiger partial charge in [0.05, 0.1) is 5.56 Å². The average molecular weight is 276 g/mol. The molecule has 0 bridgehead atoms. The molecule has 100 valence electrons. The molecule has 0 aliphatic rings. The van der Waals surface area contributed by atoms with Gasteiger partial charge in [-0.15, -0.1) is 0 Å². The minimum absolute atomic E-state index is 0.122. The molecule has 0 atom stereocenters. The van der Waals surface area contributed by atoms with Gasteiger partial charge in [0.2, 0.25) is 0 Å². The van der Waals surface area contributed by atoms with Crippen molar-refractivity contribution < 1.29 is 17.6 Å². The second-order valence-electron chi connectivity index (χ2n) is 4.37. The van der Waals surface area contributed by atoms with Gasteiger partial charge in [0.1, 0.15) is 0 Å². The van der Waals surface area contributed by atoms with Crippen molar-refractivity contribution in [3.05, 3.63) is 71.8 Å². The Hall–Kier alpha value is -2.36. The standard InChI is InChI=1S/C16H8F4/c17-12-8-13(18)16(20)14(15(12)19)11-7-3-5-9-4-1-2-6-10(9)11/h1-8H. The lowest BCUT2D eigenvalue weighted by molar-refractivity contribution is 0.458. The van der Waals surface area contributed by atoms with E-state index in [1.165, 1.54) is 6.07 Å². The largest absolute Gasteiger partial charge is 0.204 e. The Morgan fingerprint density at radius 1 is 0.650 bits per heavy atom. The molecule has 0 radical (unpaired) electrons. The quantitative estimate of drug-likeness (QED) is 0.430. The van der Waals surface area contributed by atoms with E-state index in [0.29, 0.717) is 5.39 Å². The molecule has 0 fully saturated rings. The molecule has 0 nitrogen and oxygen atoms in total. The average Bonchev–Trinajstić information content (AvgIpc) is 2.46. The Labute approximate surface area is 112 Å². The first kappa shape index (κ1) is 12.7. The number of rotatable bonds is 1. The lowest BCUT2D eigenvalue weighted by Gasteiger charge is -2.10. The summed E-state index contributed by atoms with van der Waals surface area (Å²) in [5, 5.41) is 1.26. The van der Waals surface area contributed by atoms with Gasteiger partial charge in [-0.1, -0.05) is 42.5 Å². The number of halogens is 4. The molecule has 0 heterocycles. The van der Waals surface area contributed by atoms with Crippen LogP contribution in [0.1, 0.15) is 0 Å². The van der Waals surface area contributed by atoms with Crippen LogP contribution in [0.4, 0.5) is 17.6 Å². The van der Waals surface area contributed by atoms with Gasteiger partial charge >= 0.3 is 0 Å². The maximum Gasteiger partial charge on any atom is 0.169 e. The van der Waals surface area contributed by atoms with Crippen molar-refractivity contribution in [2.45, 2.75) is 0 Å². The minimum Gasteiger partial charge on any atom is -0.204 e. The summed E-state index contributed by atoms with van der Waals surface area (Å²) in [7, 11) is 0. The Morgan fingerprint density at radius 3 is 1.95 bits per heavy atom. The smallest absolute Gasteiger partial charge is 0.169 e. The summed E-state index contributed by atoms with van der Waals surface area (Å²) in [6, 6.07) is 11.8. The predicted octanol–water partition coefficient (Wildman–Crippen LogP) is 5.06. The molecule has 0 unspecified atom stereocenters. The number of fused-ring (bicyclic) bond motifs is 1. The van der Waals surface area contributed by atoms with E-state index in [9.17, 15) is 17.6 Å². The fraction of sp³-hybridized carbons (Fsp3) is 0. The Kier molecular flexibility index (Phi) is 2.93. The zero-order valence-corrected chi connectivity index (χ0v) is 10.1. The van der Waals surface area contributed by atoms with Crippen LogP contribution in [0.2, 0.25) is 0 Å². The fourth-order valence-corrected chi connectivity index (χ4v) is 2.25. The van der Waals surface area contributed by atoms with Crippen molar-refractivity contribution in [3.63, 3.8) is 0 Å². The van der Waals surface area contributed by atoms with Gasteiger partial charge in [0.15, 0.2) is 23.3 Å². The first-order valence-electron chi connectivity index (χ1n) is 5.90. The van der Waals surface area contributed by atoms with Crippen molar-refractivity contribution in [2.75, 3.05) is 0 Å². The highest BCUT2D eigenvalue weighted by atomic mass is 19.2. The van der Waals surface area contributed by atoms with E-state index >= 15 is 0 Å². The molecule has 0 saturated heterocycles. The fourth-order valence-electron chi connectivity index (χ4n) is 2.25. The summed E-state index contributed by atoms with van der Waals surface area (Å²) in [4.78, 5) is 0. The van der Waals surface area contributed by atoms with Gasteiger partial charge in [-0.25, -0.2) is 17.6 Å². The van der Waals surface area contributed by atoms with Crippen LogP contribution in [0.25, 0.3) is 21.9 Å². The predicted molar refractivity (Wildman–Crippen MR) is 69.2 cm³/mol. The highest BCUT2D eigenvalue weighted by molar-refractivity contribution is 5.96. The third-order valence-corrected chi connectivity index (χ3v) is 3.17. The molecule has 0 spiro atoms. The minimum atomic E-state index is -1.41. The van der Waals surface area contributed by atoms with Crippen LogP contribution in [0, 0.1) is 23.3 Å². The molecule has 4 heteroatoms. The lowest BCUT2D eigenvalue weighted by Crippen LogP contribution is -1.99. The van der Waals surface area contributed by atoms with E-state index < -0.39 is 28.8 Å². The molecule has 0 amide bonds. The Morgan fingerprint density at radius 2 is 1.25 bits per heavy atom. The molecular formula is C16H8F4. The van der Waals surface area contributed by atoms with Crippen LogP contribution in [0.5, 0.6) is 0 Å². The van der Waals surface area contributed by atoms with Gasteiger partial charge in [-0.05, 0) is 16.3 Å². The maximum absolute atomic E-state index is 13.9. The summed E-state index contributed by atoms with van der Waals surface area (Å²) in [5.74, 6) is -5.60. The topological polar surface area (TPSA) is 0 Å². The van der Waals surface area contributed by atoms with Gasteiger partial charge < -0.3 is 0 Å². The molecule has 3 aromatic rings. The zero-order chi connectivity index (χ0) is 14.3. The van der Waals surface area contributed by atoms with Gasteiger partial charge in [-0.2, -0.15) is 0 Å². The normalized spacial score (nSPS) is 11.0. The first-order chi connectivity index (χ1) is 9.59. The second-order valence-corrected chi connectivity index (χ2v) is 4.37.